The number of para-hydroxylation sites is 1. The molecule has 0 aliphatic rings. The van der Waals surface area contributed by atoms with Crippen LogP contribution in [-0.4, -0.2) is 35.3 Å². The number of aromatic nitrogens is 3. The van der Waals surface area contributed by atoms with E-state index in [-0.39, 0.29) is 10.8 Å². The quantitative estimate of drug-likeness (QED) is 0.414. The number of fused-ring (bicyclic) bond motifs is 2. The molecule has 0 unspecified atom stereocenters. The van der Waals surface area contributed by atoms with Crippen LogP contribution in [0.25, 0.3) is 26.1 Å². The second-order valence-corrected chi connectivity index (χ2v) is 11.1. The molecular weight excluding hydrogens is 452 g/mol. The van der Waals surface area contributed by atoms with Gasteiger partial charge in [0.2, 0.25) is 0 Å². The molecule has 31 heavy (non-hydrogen) atoms. The predicted molar refractivity (Wildman–Crippen MR) is 124 cm³/mol. The van der Waals surface area contributed by atoms with Crippen LogP contribution in [0.15, 0.2) is 59.5 Å². The van der Waals surface area contributed by atoms with Crippen molar-refractivity contribution in [2.75, 3.05) is 11.6 Å². The summed E-state index contributed by atoms with van der Waals surface area (Å²) in [6.07, 6.45) is 1.16. The molecule has 0 aliphatic heterocycles. The van der Waals surface area contributed by atoms with E-state index in [2.05, 4.69) is 15.4 Å². The first-order chi connectivity index (χ1) is 14.8. The molecule has 7 nitrogen and oxygen atoms in total. The lowest BCUT2D eigenvalue weighted by atomic mass is 10.3. The Kier molecular flexibility index (Phi) is 4.65. The van der Waals surface area contributed by atoms with Gasteiger partial charge in [-0.25, -0.2) is 18.1 Å². The van der Waals surface area contributed by atoms with Crippen LogP contribution in [-0.2, 0) is 9.84 Å². The molecule has 3 aromatic heterocycles. The van der Waals surface area contributed by atoms with Crippen LogP contribution in [0.5, 0.6) is 0 Å². The van der Waals surface area contributed by atoms with E-state index < -0.39 is 9.84 Å². The number of rotatable bonds is 4. The van der Waals surface area contributed by atoms with Crippen molar-refractivity contribution in [3.05, 3.63) is 65.2 Å². The highest BCUT2D eigenvalue weighted by Crippen LogP contribution is 2.32. The molecule has 0 atom stereocenters. The molecule has 5 rings (SSSR count). The zero-order chi connectivity index (χ0) is 21.8. The fraction of sp³-hybridized carbons (Fsp3) is 0.0952. The fourth-order valence-electron chi connectivity index (χ4n) is 3.25. The maximum Gasteiger partial charge on any atom is 0.267 e. The monoisotopic (exact) mass is 468 g/mol. The van der Waals surface area contributed by atoms with Gasteiger partial charge in [-0.15, -0.1) is 11.3 Å². The first-order valence-electron chi connectivity index (χ1n) is 9.26. The standard InChI is InChI=1S/C21H16N4O3S3/c1-12-15-11-18(29-20(15)25(24-12)13-6-4-3-5-7-13)19(26)23-21-22-16-9-8-14(31(2,27)28)10-17(16)30-21/h3-11H,1-2H3,(H,22,23,26). The van der Waals surface area contributed by atoms with Crippen LogP contribution in [0.3, 0.4) is 0 Å². The maximum absolute atomic E-state index is 12.9. The number of hydrogen-bond donors (Lipinski definition) is 1. The first-order valence-corrected chi connectivity index (χ1v) is 12.8. The summed E-state index contributed by atoms with van der Waals surface area (Å²) in [5.41, 5.74) is 2.42. The zero-order valence-electron chi connectivity index (χ0n) is 16.5. The molecule has 0 fully saturated rings. The Labute approximate surface area is 185 Å². The van der Waals surface area contributed by atoms with E-state index in [4.69, 9.17) is 0 Å². The molecule has 5 aromatic rings. The Balaban J connectivity index is 1.47. The van der Waals surface area contributed by atoms with E-state index in [0.717, 1.165) is 27.9 Å². The van der Waals surface area contributed by atoms with Gasteiger partial charge in [0.25, 0.3) is 5.91 Å². The second-order valence-electron chi connectivity index (χ2n) is 7.04. The average molecular weight is 469 g/mol. The highest BCUT2D eigenvalue weighted by atomic mass is 32.2. The molecule has 0 aliphatic carbocycles. The number of thiophene rings is 1. The van der Waals surface area contributed by atoms with E-state index in [0.29, 0.717) is 20.2 Å². The summed E-state index contributed by atoms with van der Waals surface area (Å²) < 4.78 is 26.1. The number of hydrogen-bond acceptors (Lipinski definition) is 7. The SMILES string of the molecule is Cc1nn(-c2ccccc2)c2sc(C(=O)Nc3nc4ccc(S(C)(=O)=O)cc4s3)cc12. The maximum atomic E-state index is 12.9. The van der Waals surface area contributed by atoms with Gasteiger partial charge in [-0.3, -0.25) is 10.1 Å². The minimum atomic E-state index is -3.31. The second kappa shape index (κ2) is 7.26. The number of nitrogens with zero attached hydrogens (tertiary/aromatic N) is 3. The molecule has 1 amide bonds. The number of benzene rings is 2. The molecule has 0 spiro atoms. The topological polar surface area (TPSA) is 93.9 Å². The van der Waals surface area contributed by atoms with E-state index >= 15 is 0 Å². The number of carbonyl (C=O) groups excluding carboxylic acids is 1. The third kappa shape index (κ3) is 3.62. The highest BCUT2D eigenvalue weighted by Gasteiger charge is 2.18. The number of anilines is 1. The fourth-order valence-corrected chi connectivity index (χ4v) is 5.95. The molecule has 0 bridgehead atoms. The molecule has 2 aromatic carbocycles. The minimum Gasteiger partial charge on any atom is -0.297 e. The third-order valence-corrected chi connectivity index (χ3v) is 7.93. The van der Waals surface area contributed by atoms with Gasteiger partial charge in [-0.05, 0) is 43.3 Å². The summed E-state index contributed by atoms with van der Waals surface area (Å²) in [6.45, 7) is 1.92. The molecule has 0 radical (unpaired) electrons. The normalized spacial score (nSPS) is 11.9. The summed E-state index contributed by atoms with van der Waals surface area (Å²) in [5, 5.41) is 8.78. The molecule has 10 heteroatoms. The van der Waals surface area contributed by atoms with Gasteiger partial charge in [0.1, 0.15) is 4.83 Å². The van der Waals surface area contributed by atoms with Gasteiger partial charge >= 0.3 is 0 Å². The van der Waals surface area contributed by atoms with Crippen LogP contribution in [0, 0.1) is 6.92 Å². The summed E-state index contributed by atoms with van der Waals surface area (Å²) in [7, 11) is -3.31. The summed E-state index contributed by atoms with van der Waals surface area (Å²) in [6, 6.07) is 16.4. The Morgan fingerprint density at radius 3 is 2.58 bits per heavy atom. The molecule has 0 saturated carbocycles. The molecule has 3 heterocycles. The Morgan fingerprint density at radius 2 is 1.84 bits per heavy atom. The van der Waals surface area contributed by atoms with Crippen LogP contribution in [0.1, 0.15) is 15.4 Å². The minimum absolute atomic E-state index is 0.229. The molecule has 156 valence electrons. The zero-order valence-corrected chi connectivity index (χ0v) is 18.9. The lowest BCUT2D eigenvalue weighted by Crippen LogP contribution is -2.09. The van der Waals surface area contributed by atoms with Gasteiger partial charge in [0, 0.05) is 11.6 Å². The van der Waals surface area contributed by atoms with Gasteiger partial charge in [0.15, 0.2) is 15.0 Å². The van der Waals surface area contributed by atoms with Crippen molar-refractivity contribution in [2.24, 2.45) is 0 Å². The van der Waals surface area contributed by atoms with Gasteiger partial charge in [-0.1, -0.05) is 29.5 Å². The van der Waals surface area contributed by atoms with Crippen molar-refractivity contribution >= 4 is 64.0 Å². The number of sulfone groups is 1. The summed E-state index contributed by atoms with van der Waals surface area (Å²) in [5.74, 6) is -0.261. The van der Waals surface area contributed by atoms with Crippen LogP contribution < -0.4 is 5.32 Å². The van der Waals surface area contributed by atoms with Crippen molar-refractivity contribution in [2.45, 2.75) is 11.8 Å². The van der Waals surface area contributed by atoms with E-state index in [1.165, 1.54) is 28.7 Å². The Morgan fingerprint density at radius 1 is 1.06 bits per heavy atom. The lowest BCUT2D eigenvalue weighted by Gasteiger charge is -2.01. The lowest BCUT2D eigenvalue weighted by molar-refractivity contribution is 0.103. The smallest absolute Gasteiger partial charge is 0.267 e. The number of thiazole rings is 1. The van der Waals surface area contributed by atoms with E-state index in [1.54, 1.807) is 12.1 Å². The predicted octanol–water partition coefficient (Wildman–Crippen LogP) is 4.66. The van der Waals surface area contributed by atoms with E-state index in [9.17, 15) is 13.2 Å². The molecule has 1 N–H and O–H groups in total. The average Bonchev–Trinajstić information content (AvgIpc) is 3.41. The number of carbonyl (C=O) groups is 1. The van der Waals surface area contributed by atoms with Gasteiger partial charge < -0.3 is 0 Å². The van der Waals surface area contributed by atoms with Crippen molar-refractivity contribution in [1.82, 2.24) is 14.8 Å². The van der Waals surface area contributed by atoms with Crippen molar-refractivity contribution in [1.29, 1.82) is 0 Å². The summed E-state index contributed by atoms with van der Waals surface area (Å²) in [4.78, 5) is 19.0. The van der Waals surface area contributed by atoms with E-state index in [1.807, 2.05) is 48.0 Å². The van der Waals surface area contributed by atoms with Crippen LogP contribution >= 0.6 is 22.7 Å². The number of amides is 1. The third-order valence-electron chi connectivity index (χ3n) is 4.78. The van der Waals surface area contributed by atoms with Crippen molar-refractivity contribution in [3.8, 4) is 5.69 Å². The first kappa shape index (κ1) is 19.9. The summed E-state index contributed by atoms with van der Waals surface area (Å²) >= 11 is 2.61. The number of aryl methyl sites for hydroxylation is 1. The van der Waals surface area contributed by atoms with Crippen molar-refractivity contribution in [3.63, 3.8) is 0 Å². The van der Waals surface area contributed by atoms with Gasteiger partial charge in [-0.2, -0.15) is 5.10 Å². The Bertz CT molecular complexity index is 1560. The van der Waals surface area contributed by atoms with Crippen molar-refractivity contribution < 1.29 is 13.2 Å². The molecular formula is C21H16N4O3S3. The largest absolute Gasteiger partial charge is 0.297 e. The number of nitrogens with one attached hydrogen (secondary N) is 1. The molecule has 0 saturated heterocycles. The van der Waals surface area contributed by atoms with Crippen LogP contribution in [0.4, 0.5) is 5.13 Å². The highest BCUT2D eigenvalue weighted by molar-refractivity contribution is 7.90. The van der Waals surface area contributed by atoms with Crippen LogP contribution in [0.2, 0.25) is 0 Å². The Hall–Kier alpha value is -3.08. The van der Waals surface area contributed by atoms with Gasteiger partial charge in [0.05, 0.1) is 31.4 Å².